The van der Waals surface area contributed by atoms with Crippen LogP contribution < -0.4 is 10.6 Å². The van der Waals surface area contributed by atoms with Crippen molar-refractivity contribution >= 4 is 16.5 Å². The van der Waals surface area contributed by atoms with Gasteiger partial charge in [0, 0.05) is 56.4 Å². The van der Waals surface area contributed by atoms with Gasteiger partial charge < -0.3 is 15.4 Å². The highest BCUT2D eigenvalue weighted by Crippen LogP contribution is 2.32. The van der Waals surface area contributed by atoms with Crippen LogP contribution >= 0.6 is 11.3 Å². The van der Waals surface area contributed by atoms with Crippen molar-refractivity contribution in [2.45, 2.75) is 31.4 Å². The first-order chi connectivity index (χ1) is 9.73. The molecule has 2 saturated heterocycles. The second kappa shape index (κ2) is 5.97. The van der Waals surface area contributed by atoms with Gasteiger partial charge in [0.1, 0.15) is 0 Å². The zero-order chi connectivity index (χ0) is 14.0. The summed E-state index contributed by atoms with van der Waals surface area (Å²) in [5.74, 6) is 0. The Hall–Kier alpha value is -0.690. The molecular formula is C14H24N4OS. The van der Waals surface area contributed by atoms with Crippen LogP contribution in [0.15, 0.2) is 11.6 Å². The molecule has 2 aliphatic rings. The van der Waals surface area contributed by atoms with Gasteiger partial charge in [-0.1, -0.05) is 0 Å². The number of thiazole rings is 1. The Labute approximate surface area is 124 Å². The Balaban J connectivity index is 1.64. The van der Waals surface area contributed by atoms with Crippen LogP contribution in [0, 0.1) is 0 Å². The lowest BCUT2D eigenvalue weighted by Gasteiger charge is -2.50. The first kappa shape index (κ1) is 14.3. The van der Waals surface area contributed by atoms with Crippen LogP contribution in [0.25, 0.3) is 0 Å². The molecule has 3 rings (SSSR count). The number of rotatable bonds is 3. The summed E-state index contributed by atoms with van der Waals surface area (Å²) in [6.07, 6.45) is 4.32. The number of piperazine rings is 1. The molecule has 3 heterocycles. The van der Waals surface area contributed by atoms with Gasteiger partial charge in [0.25, 0.3) is 0 Å². The summed E-state index contributed by atoms with van der Waals surface area (Å²) >= 11 is 1.72. The van der Waals surface area contributed by atoms with E-state index in [9.17, 15) is 0 Å². The predicted octanol–water partition coefficient (Wildman–Crippen LogP) is 1.16. The number of nitrogens with zero attached hydrogens (tertiary/aromatic N) is 3. The summed E-state index contributed by atoms with van der Waals surface area (Å²) < 4.78 is 5.70. The van der Waals surface area contributed by atoms with Crippen molar-refractivity contribution in [1.29, 1.82) is 0 Å². The lowest BCUT2D eigenvalue weighted by atomic mass is 9.84. The quantitative estimate of drug-likeness (QED) is 0.907. The van der Waals surface area contributed by atoms with Crippen LogP contribution in [0.1, 0.15) is 19.8 Å². The van der Waals surface area contributed by atoms with E-state index in [-0.39, 0.29) is 5.54 Å². The van der Waals surface area contributed by atoms with E-state index in [0.29, 0.717) is 6.10 Å². The first-order valence-corrected chi connectivity index (χ1v) is 8.33. The number of hydrogen-bond donors (Lipinski definition) is 1. The van der Waals surface area contributed by atoms with Crippen LogP contribution in [-0.2, 0) is 4.74 Å². The Morgan fingerprint density at radius 2 is 2.25 bits per heavy atom. The van der Waals surface area contributed by atoms with Crippen LogP contribution in [0.3, 0.4) is 0 Å². The highest BCUT2D eigenvalue weighted by molar-refractivity contribution is 7.13. The van der Waals surface area contributed by atoms with Crippen molar-refractivity contribution in [2.24, 2.45) is 5.73 Å². The minimum absolute atomic E-state index is 0.145. The number of nitrogens with two attached hydrogens (primary N) is 1. The third-order valence-electron chi connectivity index (χ3n) is 4.66. The number of ether oxygens (including phenoxy) is 1. The Bertz CT molecular complexity index is 419. The van der Waals surface area contributed by atoms with Crippen LogP contribution in [0.5, 0.6) is 0 Å². The summed E-state index contributed by atoms with van der Waals surface area (Å²) in [6.45, 7) is 7.97. The van der Waals surface area contributed by atoms with Crippen molar-refractivity contribution < 1.29 is 4.74 Å². The number of hydrogen-bond acceptors (Lipinski definition) is 6. The van der Waals surface area contributed by atoms with Gasteiger partial charge >= 0.3 is 0 Å². The van der Waals surface area contributed by atoms with E-state index in [0.717, 1.165) is 57.3 Å². The van der Waals surface area contributed by atoms with Crippen molar-refractivity contribution in [3.63, 3.8) is 0 Å². The van der Waals surface area contributed by atoms with Crippen molar-refractivity contribution in [3.05, 3.63) is 11.6 Å². The predicted molar refractivity (Wildman–Crippen MR) is 82.3 cm³/mol. The molecule has 112 valence electrons. The van der Waals surface area contributed by atoms with Gasteiger partial charge in [-0.25, -0.2) is 4.98 Å². The summed E-state index contributed by atoms with van der Waals surface area (Å²) in [7, 11) is 0. The molecule has 0 bridgehead atoms. The molecule has 2 atom stereocenters. The van der Waals surface area contributed by atoms with E-state index in [1.807, 2.05) is 11.6 Å². The van der Waals surface area contributed by atoms with Crippen molar-refractivity contribution in [2.75, 3.05) is 44.2 Å². The molecule has 0 amide bonds. The maximum absolute atomic E-state index is 6.14. The van der Waals surface area contributed by atoms with Crippen LogP contribution in [-0.4, -0.2) is 60.9 Å². The summed E-state index contributed by atoms with van der Waals surface area (Å²) in [5.41, 5.74) is 6.28. The molecule has 2 N–H and O–H groups in total. The van der Waals surface area contributed by atoms with E-state index >= 15 is 0 Å². The summed E-state index contributed by atoms with van der Waals surface area (Å²) in [4.78, 5) is 9.38. The van der Waals surface area contributed by atoms with Gasteiger partial charge in [-0.15, -0.1) is 11.3 Å². The van der Waals surface area contributed by atoms with E-state index in [1.165, 1.54) is 0 Å². The van der Waals surface area contributed by atoms with E-state index in [1.54, 1.807) is 11.3 Å². The molecule has 2 unspecified atom stereocenters. The van der Waals surface area contributed by atoms with Gasteiger partial charge in [0.05, 0.1) is 6.10 Å². The molecule has 0 aromatic carbocycles. The Morgan fingerprint density at radius 3 is 2.85 bits per heavy atom. The molecule has 0 aliphatic carbocycles. The Kier molecular flexibility index (Phi) is 4.26. The topological polar surface area (TPSA) is 54.6 Å². The average Bonchev–Trinajstić information content (AvgIpc) is 3.01. The molecule has 0 radical (unpaired) electrons. The average molecular weight is 296 g/mol. The van der Waals surface area contributed by atoms with Gasteiger partial charge in [0.2, 0.25) is 0 Å². The van der Waals surface area contributed by atoms with Gasteiger partial charge in [-0.3, -0.25) is 4.90 Å². The second-order valence-corrected chi connectivity index (χ2v) is 6.73. The summed E-state index contributed by atoms with van der Waals surface area (Å²) in [6, 6.07) is 0. The fourth-order valence-electron chi connectivity index (χ4n) is 3.49. The van der Waals surface area contributed by atoms with Crippen LogP contribution in [0.4, 0.5) is 5.13 Å². The molecule has 1 aromatic rings. The van der Waals surface area contributed by atoms with E-state index in [4.69, 9.17) is 10.5 Å². The maximum atomic E-state index is 6.14. The highest BCUT2D eigenvalue weighted by atomic mass is 32.1. The van der Waals surface area contributed by atoms with E-state index < -0.39 is 0 Å². The molecule has 1 aromatic heterocycles. The van der Waals surface area contributed by atoms with Crippen molar-refractivity contribution in [3.8, 4) is 0 Å². The zero-order valence-electron chi connectivity index (χ0n) is 12.1. The minimum Gasteiger partial charge on any atom is -0.378 e. The Morgan fingerprint density at radius 1 is 1.45 bits per heavy atom. The molecule has 2 fully saturated rings. The lowest BCUT2D eigenvalue weighted by Crippen LogP contribution is -2.63. The third kappa shape index (κ3) is 2.70. The molecule has 6 heteroatoms. The smallest absolute Gasteiger partial charge is 0.185 e. The summed E-state index contributed by atoms with van der Waals surface area (Å²) in [5, 5.41) is 3.19. The highest BCUT2D eigenvalue weighted by Gasteiger charge is 2.40. The SMILES string of the molecule is CC1CC(CN)(N2CCN(c3nccs3)CC2)CCO1. The molecule has 0 saturated carbocycles. The molecule has 2 aliphatic heterocycles. The fraction of sp³-hybridized carbons (Fsp3) is 0.786. The van der Waals surface area contributed by atoms with Crippen molar-refractivity contribution in [1.82, 2.24) is 9.88 Å². The monoisotopic (exact) mass is 296 g/mol. The van der Waals surface area contributed by atoms with E-state index in [2.05, 4.69) is 21.7 Å². The number of aromatic nitrogens is 1. The van der Waals surface area contributed by atoms with Crippen LogP contribution in [0.2, 0.25) is 0 Å². The first-order valence-electron chi connectivity index (χ1n) is 7.45. The third-order valence-corrected chi connectivity index (χ3v) is 5.49. The normalized spacial score (nSPS) is 32.5. The van der Waals surface area contributed by atoms with Gasteiger partial charge in [0.15, 0.2) is 5.13 Å². The maximum Gasteiger partial charge on any atom is 0.185 e. The molecular weight excluding hydrogens is 272 g/mol. The van der Waals surface area contributed by atoms with Gasteiger partial charge in [-0.2, -0.15) is 0 Å². The standard InChI is InChI=1S/C14H24N4OS/c1-12-10-14(11-15,2-8-19-12)18-6-4-17(5-7-18)13-16-3-9-20-13/h3,9,12H,2,4-8,10-11,15H2,1H3. The number of anilines is 1. The van der Waals surface area contributed by atoms with Gasteiger partial charge in [-0.05, 0) is 19.8 Å². The lowest BCUT2D eigenvalue weighted by molar-refractivity contribution is -0.0650. The second-order valence-electron chi connectivity index (χ2n) is 5.85. The fourth-order valence-corrected chi connectivity index (χ4v) is 4.19. The largest absolute Gasteiger partial charge is 0.378 e. The zero-order valence-corrected chi connectivity index (χ0v) is 12.9. The minimum atomic E-state index is 0.145. The molecule has 20 heavy (non-hydrogen) atoms. The molecule has 0 spiro atoms. The molecule has 5 nitrogen and oxygen atoms in total.